The van der Waals surface area contributed by atoms with Crippen molar-refractivity contribution in [2.24, 2.45) is 5.73 Å². The van der Waals surface area contributed by atoms with Gasteiger partial charge in [0.2, 0.25) is 15.9 Å². The zero-order chi connectivity index (χ0) is 15.4. The quantitative estimate of drug-likeness (QED) is 0.795. The molecule has 8 heteroatoms. The molecule has 0 saturated heterocycles. The summed E-state index contributed by atoms with van der Waals surface area (Å²) in [5.74, 6) is -0.384. The normalized spacial score (nSPS) is 11.9. The van der Waals surface area contributed by atoms with E-state index in [1.165, 1.54) is 19.2 Å². The Morgan fingerprint density at radius 2 is 1.81 bits per heavy atom. The van der Waals surface area contributed by atoms with Gasteiger partial charge in [0.15, 0.2) is 0 Å². The molecular weight excluding hydrogens is 314 g/mol. The molecular formula is C13H22ClN3O3S. The van der Waals surface area contributed by atoms with Crippen LogP contribution in [0.4, 0.5) is 0 Å². The lowest BCUT2D eigenvalue weighted by atomic mass is 10.1. The highest BCUT2D eigenvalue weighted by atomic mass is 35.5. The molecule has 0 fully saturated rings. The second-order valence-corrected chi connectivity index (χ2v) is 7.38. The highest BCUT2D eigenvalue weighted by molar-refractivity contribution is 7.89. The molecule has 0 aliphatic rings. The molecule has 0 radical (unpaired) electrons. The maximum atomic E-state index is 12.2. The van der Waals surface area contributed by atoms with Gasteiger partial charge in [-0.15, -0.1) is 12.4 Å². The van der Waals surface area contributed by atoms with E-state index < -0.39 is 15.6 Å². The van der Waals surface area contributed by atoms with E-state index in [0.29, 0.717) is 0 Å². The Morgan fingerprint density at radius 3 is 2.29 bits per heavy atom. The van der Waals surface area contributed by atoms with Crippen LogP contribution in [0, 0.1) is 0 Å². The van der Waals surface area contributed by atoms with Crippen LogP contribution in [0.2, 0.25) is 0 Å². The second kappa shape index (κ2) is 7.74. The summed E-state index contributed by atoms with van der Waals surface area (Å²) >= 11 is 0. The number of hydrogen-bond acceptors (Lipinski definition) is 4. The number of sulfonamides is 1. The van der Waals surface area contributed by atoms with Gasteiger partial charge in [0.25, 0.3) is 0 Å². The summed E-state index contributed by atoms with van der Waals surface area (Å²) in [5, 5.41) is 2.61. The number of benzene rings is 1. The number of amides is 1. The van der Waals surface area contributed by atoms with Crippen LogP contribution in [-0.4, -0.2) is 44.3 Å². The Bertz CT molecular complexity index is 556. The molecule has 0 aliphatic carbocycles. The van der Waals surface area contributed by atoms with E-state index in [2.05, 4.69) is 5.32 Å². The highest BCUT2D eigenvalue weighted by Gasteiger charge is 2.23. The molecule has 1 rings (SSSR count). The first-order valence-electron chi connectivity index (χ1n) is 6.20. The van der Waals surface area contributed by atoms with Crippen molar-refractivity contribution < 1.29 is 13.2 Å². The smallest absolute Gasteiger partial charge is 0.243 e. The van der Waals surface area contributed by atoms with Crippen molar-refractivity contribution in [2.75, 3.05) is 20.1 Å². The van der Waals surface area contributed by atoms with Crippen LogP contribution in [0.25, 0.3) is 0 Å². The Labute approximate surface area is 132 Å². The average Bonchev–Trinajstić information content (AvgIpc) is 2.36. The number of halogens is 1. The van der Waals surface area contributed by atoms with Crippen molar-refractivity contribution >= 4 is 28.3 Å². The summed E-state index contributed by atoms with van der Waals surface area (Å²) in [5.41, 5.74) is 5.21. The van der Waals surface area contributed by atoms with Gasteiger partial charge in [-0.1, -0.05) is 18.2 Å². The van der Waals surface area contributed by atoms with E-state index in [9.17, 15) is 13.2 Å². The number of hydrogen-bond donors (Lipinski definition) is 2. The largest absolute Gasteiger partial charge is 0.353 e. The van der Waals surface area contributed by atoms with Crippen molar-refractivity contribution in [1.29, 1.82) is 0 Å². The minimum absolute atomic E-state index is 0. The van der Waals surface area contributed by atoms with E-state index >= 15 is 0 Å². The summed E-state index contributed by atoms with van der Waals surface area (Å²) in [6, 6.07) is 7.99. The summed E-state index contributed by atoms with van der Waals surface area (Å²) in [6.07, 6.45) is 0. The van der Waals surface area contributed by atoms with Gasteiger partial charge in [0.05, 0.1) is 11.4 Å². The summed E-state index contributed by atoms with van der Waals surface area (Å²) in [6.45, 7) is 3.59. The standard InChI is InChI=1S/C13H21N3O3S.ClH/c1-13(2,14)10-15-12(17)9-16(3)20(18,19)11-7-5-4-6-8-11;/h4-8H,9-10,14H2,1-3H3,(H,15,17);1H. The zero-order valence-corrected chi connectivity index (χ0v) is 14.0. The van der Waals surface area contributed by atoms with Crippen LogP contribution >= 0.6 is 12.4 Å². The number of likely N-dealkylation sites (N-methyl/N-ethyl adjacent to an activating group) is 1. The maximum Gasteiger partial charge on any atom is 0.243 e. The van der Waals surface area contributed by atoms with E-state index in [0.717, 1.165) is 4.31 Å². The van der Waals surface area contributed by atoms with Gasteiger partial charge in [0.1, 0.15) is 0 Å². The first-order valence-corrected chi connectivity index (χ1v) is 7.64. The number of nitrogens with zero attached hydrogens (tertiary/aromatic N) is 1. The van der Waals surface area contributed by atoms with Gasteiger partial charge in [-0.25, -0.2) is 8.42 Å². The Morgan fingerprint density at radius 1 is 1.29 bits per heavy atom. The minimum atomic E-state index is -3.65. The molecule has 0 bridgehead atoms. The zero-order valence-electron chi connectivity index (χ0n) is 12.4. The lowest BCUT2D eigenvalue weighted by Gasteiger charge is -2.21. The van der Waals surface area contributed by atoms with Gasteiger partial charge < -0.3 is 11.1 Å². The van der Waals surface area contributed by atoms with Crippen molar-refractivity contribution in [2.45, 2.75) is 24.3 Å². The van der Waals surface area contributed by atoms with E-state index in [1.807, 2.05) is 0 Å². The van der Waals surface area contributed by atoms with Crippen LogP contribution in [0.1, 0.15) is 13.8 Å². The molecule has 0 heterocycles. The lowest BCUT2D eigenvalue weighted by molar-refractivity contribution is -0.121. The molecule has 0 aromatic heterocycles. The predicted molar refractivity (Wildman–Crippen MR) is 84.8 cm³/mol. The molecule has 1 amide bonds. The van der Waals surface area contributed by atoms with Gasteiger partial charge in [-0.3, -0.25) is 4.79 Å². The van der Waals surface area contributed by atoms with Crippen molar-refractivity contribution in [3.8, 4) is 0 Å². The molecule has 0 spiro atoms. The lowest BCUT2D eigenvalue weighted by Crippen LogP contribution is -2.47. The Hall–Kier alpha value is -1.15. The molecule has 120 valence electrons. The number of nitrogens with two attached hydrogens (primary N) is 1. The number of carbonyl (C=O) groups is 1. The van der Waals surface area contributed by atoms with Gasteiger partial charge in [0, 0.05) is 19.1 Å². The minimum Gasteiger partial charge on any atom is -0.353 e. The second-order valence-electron chi connectivity index (χ2n) is 5.34. The van der Waals surface area contributed by atoms with Crippen LogP contribution in [-0.2, 0) is 14.8 Å². The highest BCUT2D eigenvalue weighted by Crippen LogP contribution is 2.12. The molecule has 21 heavy (non-hydrogen) atoms. The maximum absolute atomic E-state index is 12.2. The fourth-order valence-corrected chi connectivity index (χ4v) is 2.59. The average molecular weight is 336 g/mol. The summed E-state index contributed by atoms with van der Waals surface area (Å²) in [4.78, 5) is 11.9. The molecule has 0 unspecified atom stereocenters. The van der Waals surface area contributed by atoms with Crippen LogP contribution in [0.5, 0.6) is 0 Å². The molecule has 0 atom stereocenters. The monoisotopic (exact) mass is 335 g/mol. The van der Waals surface area contributed by atoms with E-state index in [-0.39, 0.29) is 36.3 Å². The van der Waals surface area contributed by atoms with Gasteiger partial charge >= 0.3 is 0 Å². The SMILES string of the molecule is CN(CC(=O)NCC(C)(C)N)S(=O)(=O)c1ccccc1.Cl. The van der Waals surface area contributed by atoms with Crippen LogP contribution in [0.15, 0.2) is 35.2 Å². The first kappa shape index (κ1) is 19.9. The van der Waals surface area contributed by atoms with Crippen molar-refractivity contribution in [3.63, 3.8) is 0 Å². The first-order chi connectivity index (χ1) is 9.13. The van der Waals surface area contributed by atoms with E-state index in [1.54, 1.807) is 32.0 Å². The number of nitrogens with one attached hydrogen (secondary N) is 1. The van der Waals surface area contributed by atoms with Crippen molar-refractivity contribution in [1.82, 2.24) is 9.62 Å². The van der Waals surface area contributed by atoms with Gasteiger partial charge in [-0.2, -0.15) is 4.31 Å². The van der Waals surface area contributed by atoms with Crippen LogP contribution < -0.4 is 11.1 Å². The molecule has 6 nitrogen and oxygen atoms in total. The van der Waals surface area contributed by atoms with E-state index in [4.69, 9.17) is 5.73 Å². The third kappa shape index (κ3) is 6.43. The fraction of sp³-hybridized carbons (Fsp3) is 0.462. The summed E-state index contributed by atoms with van der Waals surface area (Å²) in [7, 11) is -2.28. The van der Waals surface area contributed by atoms with Crippen molar-refractivity contribution in [3.05, 3.63) is 30.3 Å². The Kier molecular flexibility index (Phi) is 7.32. The fourth-order valence-electron chi connectivity index (χ4n) is 1.44. The van der Waals surface area contributed by atoms with Gasteiger partial charge in [-0.05, 0) is 26.0 Å². The molecule has 0 aliphatic heterocycles. The molecule has 1 aromatic rings. The number of rotatable bonds is 6. The van der Waals surface area contributed by atoms with Crippen LogP contribution in [0.3, 0.4) is 0 Å². The molecule has 0 saturated carbocycles. The topological polar surface area (TPSA) is 92.5 Å². The third-order valence-corrected chi connectivity index (χ3v) is 4.38. The molecule has 3 N–H and O–H groups in total. The predicted octanol–water partition coefficient (Wildman–Crippen LogP) is 0.582. The summed E-state index contributed by atoms with van der Waals surface area (Å²) < 4.78 is 25.4. The number of carbonyl (C=O) groups excluding carboxylic acids is 1. The third-order valence-electron chi connectivity index (χ3n) is 2.56. The Balaban J connectivity index is 0.00000400. The molecule has 1 aromatic carbocycles.